The van der Waals surface area contributed by atoms with Gasteiger partial charge in [0.25, 0.3) is 0 Å². The maximum atomic E-state index is 12.4. The fourth-order valence-electron chi connectivity index (χ4n) is 2.58. The third-order valence-corrected chi connectivity index (χ3v) is 3.71. The van der Waals surface area contributed by atoms with Crippen LogP contribution in [0.25, 0.3) is 0 Å². The van der Waals surface area contributed by atoms with E-state index in [2.05, 4.69) is 31.4 Å². The molecular weight excluding hydrogens is 314 g/mol. The highest BCUT2D eigenvalue weighted by molar-refractivity contribution is 5.93. The Hall–Kier alpha value is -1.88. The van der Waals surface area contributed by atoms with E-state index in [0.29, 0.717) is 6.54 Å². The predicted molar refractivity (Wildman–Crippen MR) is 104 cm³/mol. The van der Waals surface area contributed by atoms with Crippen LogP contribution in [0.2, 0.25) is 0 Å². The van der Waals surface area contributed by atoms with Gasteiger partial charge in [-0.15, -0.1) is 0 Å². The van der Waals surface area contributed by atoms with Crippen molar-refractivity contribution < 1.29 is 9.59 Å². The van der Waals surface area contributed by atoms with E-state index in [-0.39, 0.29) is 35.9 Å². The van der Waals surface area contributed by atoms with Gasteiger partial charge in [0.05, 0.1) is 13.1 Å². The molecule has 0 aliphatic carbocycles. The molecule has 5 nitrogen and oxygen atoms in total. The summed E-state index contributed by atoms with van der Waals surface area (Å²) in [5.41, 5.74) is 1.60. The highest BCUT2D eigenvalue weighted by Crippen LogP contribution is 2.29. The summed E-state index contributed by atoms with van der Waals surface area (Å²) < 4.78 is 0. The van der Waals surface area contributed by atoms with Gasteiger partial charge in [-0.2, -0.15) is 0 Å². The molecule has 1 aromatic carbocycles. The van der Waals surface area contributed by atoms with Crippen LogP contribution in [0.3, 0.4) is 0 Å². The van der Waals surface area contributed by atoms with Gasteiger partial charge in [0.15, 0.2) is 0 Å². The number of para-hydroxylation sites is 1. The summed E-state index contributed by atoms with van der Waals surface area (Å²) in [5.74, 6) is -0.181. The summed E-state index contributed by atoms with van der Waals surface area (Å²) in [6.45, 7) is 15.2. The third-order valence-electron chi connectivity index (χ3n) is 3.71. The molecule has 0 saturated carbocycles. The van der Waals surface area contributed by atoms with Crippen molar-refractivity contribution in [2.75, 3.05) is 25.0 Å². The molecule has 0 radical (unpaired) electrons. The van der Waals surface area contributed by atoms with Crippen LogP contribution in [0.15, 0.2) is 24.3 Å². The molecule has 0 spiro atoms. The first-order valence-corrected chi connectivity index (χ1v) is 8.85. The van der Waals surface area contributed by atoms with E-state index >= 15 is 0 Å². The summed E-state index contributed by atoms with van der Waals surface area (Å²) in [6.07, 6.45) is 0. The Morgan fingerprint density at radius 3 is 2.04 bits per heavy atom. The number of hydrogen-bond donors (Lipinski definition) is 2. The molecule has 1 aromatic rings. The van der Waals surface area contributed by atoms with Gasteiger partial charge in [-0.25, -0.2) is 0 Å². The van der Waals surface area contributed by atoms with Crippen molar-refractivity contribution in [1.29, 1.82) is 0 Å². The van der Waals surface area contributed by atoms with E-state index < -0.39 is 0 Å². The van der Waals surface area contributed by atoms with Gasteiger partial charge < -0.3 is 10.6 Å². The lowest BCUT2D eigenvalue weighted by Gasteiger charge is -2.25. The summed E-state index contributed by atoms with van der Waals surface area (Å²) >= 11 is 0. The van der Waals surface area contributed by atoms with Gasteiger partial charge in [0, 0.05) is 11.2 Å². The summed E-state index contributed by atoms with van der Waals surface area (Å²) in [4.78, 5) is 26.3. The van der Waals surface area contributed by atoms with Gasteiger partial charge in [0.2, 0.25) is 11.8 Å². The number of likely N-dealkylation sites (N-methyl/N-ethyl adjacent to an activating group) is 1. The number of hydrogen-bond acceptors (Lipinski definition) is 3. The molecule has 0 aliphatic heterocycles. The van der Waals surface area contributed by atoms with Crippen LogP contribution in [0.1, 0.15) is 54.0 Å². The Balaban J connectivity index is 2.71. The number of nitrogens with zero attached hydrogens (tertiary/aromatic N) is 1. The molecule has 0 aliphatic rings. The highest BCUT2D eigenvalue weighted by Gasteiger charge is 2.20. The second-order valence-corrected chi connectivity index (χ2v) is 8.45. The van der Waals surface area contributed by atoms with Crippen molar-refractivity contribution in [3.63, 3.8) is 0 Å². The van der Waals surface area contributed by atoms with E-state index in [9.17, 15) is 9.59 Å². The van der Waals surface area contributed by atoms with Gasteiger partial charge in [0.1, 0.15) is 0 Å². The second-order valence-electron chi connectivity index (χ2n) is 8.45. The largest absolute Gasteiger partial charge is 0.350 e. The molecule has 0 aromatic heterocycles. The number of nitrogens with one attached hydrogen (secondary N) is 2. The first-order valence-electron chi connectivity index (χ1n) is 8.85. The molecule has 140 valence electrons. The smallest absolute Gasteiger partial charge is 0.238 e. The lowest BCUT2D eigenvalue weighted by molar-refractivity contribution is -0.124. The number of carbonyl (C=O) groups excluding carboxylic acids is 2. The molecule has 25 heavy (non-hydrogen) atoms. The number of amides is 2. The van der Waals surface area contributed by atoms with Crippen LogP contribution >= 0.6 is 0 Å². The summed E-state index contributed by atoms with van der Waals surface area (Å²) in [6, 6.07) is 7.84. The topological polar surface area (TPSA) is 61.4 Å². The molecule has 0 unspecified atom stereocenters. The minimum Gasteiger partial charge on any atom is -0.350 e. The van der Waals surface area contributed by atoms with Crippen LogP contribution in [0.4, 0.5) is 5.69 Å². The SMILES string of the molecule is CCN(CC(=O)Nc1ccccc1C(C)(C)C)CC(=O)NC(C)(C)C. The highest BCUT2D eigenvalue weighted by atomic mass is 16.2. The van der Waals surface area contributed by atoms with Crippen LogP contribution in [-0.4, -0.2) is 41.9 Å². The molecule has 0 atom stereocenters. The Bertz CT molecular complexity index is 598. The third kappa shape index (κ3) is 7.69. The summed E-state index contributed by atoms with van der Waals surface area (Å²) in [7, 11) is 0. The van der Waals surface area contributed by atoms with E-state index in [1.807, 2.05) is 56.9 Å². The molecule has 5 heteroatoms. The molecule has 0 bridgehead atoms. The van der Waals surface area contributed by atoms with Crippen LogP contribution in [0, 0.1) is 0 Å². The van der Waals surface area contributed by atoms with E-state index in [1.54, 1.807) is 0 Å². The second kappa shape index (κ2) is 8.48. The van der Waals surface area contributed by atoms with Crippen LogP contribution < -0.4 is 10.6 Å². The first-order chi connectivity index (χ1) is 11.4. The number of carbonyl (C=O) groups is 2. The Morgan fingerprint density at radius 2 is 1.52 bits per heavy atom. The zero-order chi connectivity index (χ0) is 19.3. The molecule has 0 heterocycles. The Morgan fingerprint density at radius 1 is 0.960 bits per heavy atom. The molecule has 0 saturated heterocycles. The predicted octanol–water partition coefficient (Wildman–Crippen LogP) is 3.16. The molecular formula is C20H33N3O2. The monoisotopic (exact) mass is 347 g/mol. The molecule has 0 fully saturated rings. The Labute approximate surface area is 152 Å². The average Bonchev–Trinajstić information content (AvgIpc) is 2.43. The van der Waals surface area contributed by atoms with E-state index in [1.165, 1.54) is 0 Å². The lowest BCUT2D eigenvalue weighted by Crippen LogP contribution is -2.47. The van der Waals surface area contributed by atoms with Crippen molar-refractivity contribution in [3.8, 4) is 0 Å². The minimum absolute atomic E-state index is 0.0547. The van der Waals surface area contributed by atoms with Crippen LogP contribution in [0.5, 0.6) is 0 Å². The van der Waals surface area contributed by atoms with Crippen molar-refractivity contribution in [2.24, 2.45) is 0 Å². The fourth-order valence-corrected chi connectivity index (χ4v) is 2.58. The van der Waals surface area contributed by atoms with Gasteiger partial charge >= 0.3 is 0 Å². The van der Waals surface area contributed by atoms with Crippen molar-refractivity contribution >= 4 is 17.5 Å². The standard InChI is InChI=1S/C20H33N3O2/c1-8-23(14-18(25)22-20(5,6)7)13-17(24)21-16-12-10-9-11-15(16)19(2,3)4/h9-12H,8,13-14H2,1-7H3,(H,21,24)(H,22,25). The van der Waals surface area contributed by atoms with Crippen molar-refractivity contribution in [1.82, 2.24) is 10.2 Å². The van der Waals surface area contributed by atoms with Crippen molar-refractivity contribution in [3.05, 3.63) is 29.8 Å². The maximum Gasteiger partial charge on any atom is 0.238 e. The number of anilines is 1. The maximum absolute atomic E-state index is 12.4. The van der Waals surface area contributed by atoms with Gasteiger partial charge in [-0.05, 0) is 44.4 Å². The average molecular weight is 348 g/mol. The van der Waals surface area contributed by atoms with Gasteiger partial charge in [-0.3, -0.25) is 14.5 Å². The fraction of sp³-hybridized carbons (Fsp3) is 0.600. The normalized spacial score (nSPS) is 12.2. The molecule has 1 rings (SSSR count). The quantitative estimate of drug-likeness (QED) is 0.831. The summed E-state index contributed by atoms with van der Waals surface area (Å²) in [5, 5.41) is 5.91. The lowest BCUT2D eigenvalue weighted by atomic mass is 9.86. The molecule has 2 amide bonds. The van der Waals surface area contributed by atoms with Gasteiger partial charge in [-0.1, -0.05) is 45.9 Å². The van der Waals surface area contributed by atoms with Crippen molar-refractivity contribution in [2.45, 2.75) is 59.4 Å². The molecule has 2 N–H and O–H groups in total. The number of benzene rings is 1. The van der Waals surface area contributed by atoms with E-state index in [4.69, 9.17) is 0 Å². The zero-order valence-corrected chi connectivity index (χ0v) is 16.7. The first kappa shape index (κ1) is 21.2. The number of rotatable bonds is 6. The minimum atomic E-state index is -0.273. The Kier molecular flexibility index (Phi) is 7.17. The van der Waals surface area contributed by atoms with E-state index in [0.717, 1.165) is 11.3 Å². The zero-order valence-electron chi connectivity index (χ0n) is 16.7. The van der Waals surface area contributed by atoms with Crippen LogP contribution in [-0.2, 0) is 15.0 Å².